The molecule has 0 spiro atoms. The molecule has 1 N–H and O–H groups in total. The fourth-order valence-electron chi connectivity index (χ4n) is 3.98. The van der Waals surface area contributed by atoms with Gasteiger partial charge in [-0.15, -0.1) is 0 Å². The minimum atomic E-state index is 0.307. The highest BCUT2D eigenvalue weighted by atomic mass is 16.5. The summed E-state index contributed by atoms with van der Waals surface area (Å²) in [5.74, 6) is 1.27. The van der Waals surface area contributed by atoms with Gasteiger partial charge in [-0.2, -0.15) is 0 Å². The van der Waals surface area contributed by atoms with Gasteiger partial charge in [-0.25, -0.2) is 0 Å². The van der Waals surface area contributed by atoms with Crippen LogP contribution in [0.15, 0.2) is 0 Å². The molecule has 2 atom stereocenters. The summed E-state index contributed by atoms with van der Waals surface area (Å²) in [6.45, 7) is 3.36. The van der Waals surface area contributed by atoms with Crippen LogP contribution in [0.1, 0.15) is 84.0 Å². The van der Waals surface area contributed by atoms with E-state index in [0.29, 0.717) is 30.9 Å². The molecule has 0 heterocycles. The van der Waals surface area contributed by atoms with Gasteiger partial charge in [0.25, 0.3) is 0 Å². The third kappa shape index (κ3) is 6.37. The fraction of sp³-hybridized carbons (Fsp3) is 0.947. The fourth-order valence-corrected chi connectivity index (χ4v) is 3.98. The van der Waals surface area contributed by atoms with Crippen molar-refractivity contribution in [1.82, 2.24) is 5.32 Å². The third-order valence-corrected chi connectivity index (χ3v) is 5.47. The Bertz CT molecular complexity index is 313. The van der Waals surface area contributed by atoms with Crippen molar-refractivity contribution in [2.75, 3.05) is 13.2 Å². The third-order valence-electron chi connectivity index (χ3n) is 5.47. The van der Waals surface area contributed by atoms with Crippen LogP contribution in [0.4, 0.5) is 0 Å². The van der Waals surface area contributed by atoms with Gasteiger partial charge in [-0.3, -0.25) is 4.79 Å². The molecule has 2 saturated carbocycles. The van der Waals surface area contributed by atoms with Gasteiger partial charge in [0, 0.05) is 19.1 Å². The lowest BCUT2D eigenvalue weighted by atomic mass is 9.86. The van der Waals surface area contributed by atoms with Crippen LogP contribution in [-0.4, -0.2) is 31.1 Å². The van der Waals surface area contributed by atoms with Gasteiger partial charge in [0.2, 0.25) is 0 Å². The van der Waals surface area contributed by atoms with Crippen LogP contribution in [0.3, 0.4) is 0 Å². The summed E-state index contributed by atoms with van der Waals surface area (Å²) in [5, 5.41) is 3.44. The molecule has 2 aliphatic rings. The Labute approximate surface area is 136 Å². The maximum absolute atomic E-state index is 11.5. The van der Waals surface area contributed by atoms with E-state index in [1.807, 2.05) is 6.92 Å². The van der Waals surface area contributed by atoms with Gasteiger partial charge >= 0.3 is 0 Å². The van der Waals surface area contributed by atoms with Gasteiger partial charge in [0.05, 0.1) is 12.6 Å². The predicted molar refractivity (Wildman–Crippen MR) is 91.1 cm³/mol. The average Bonchev–Trinajstić information content (AvgIpc) is 2.58. The number of ether oxygens (including phenoxy) is 1. The Hall–Kier alpha value is -0.410. The molecule has 0 saturated heterocycles. The molecular formula is C19H35NO2. The van der Waals surface area contributed by atoms with E-state index >= 15 is 0 Å². The summed E-state index contributed by atoms with van der Waals surface area (Å²) in [5.41, 5.74) is 0. The topological polar surface area (TPSA) is 38.3 Å². The summed E-state index contributed by atoms with van der Waals surface area (Å²) in [4.78, 5) is 11.5. The summed E-state index contributed by atoms with van der Waals surface area (Å²) in [7, 11) is 0. The summed E-state index contributed by atoms with van der Waals surface area (Å²) in [6.07, 6.45) is 15.5. The van der Waals surface area contributed by atoms with E-state index in [1.165, 1.54) is 57.8 Å². The normalized spacial score (nSPS) is 27.0. The van der Waals surface area contributed by atoms with E-state index in [-0.39, 0.29) is 0 Å². The molecule has 0 amide bonds. The van der Waals surface area contributed by atoms with Gasteiger partial charge in [0.15, 0.2) is 0 Å². The molecule has 128 valence electrons. The number of carbonyl (C=O) groups excluding carboxylic acids is 1. The lowest BCUT2D eigenvalue weighted by Gasteiger charge is -2.32. The van der Waals surface area contributed by atoms with Crippen molar-refractivity contribution in [3.05, 3.63) is 0 Å². The standard InChI is InChI=1S/C19H35NO2/c1-2-17(21)15-20-18-12-6-7-13-19(18)22-14-8-11-16-9-4-3-5-10-16/h16,18-20H,2-15H2,1H3/t18-,19?/m1/s1. The number of carbonyl (C=O) groups is 1. The van der Waals surface area contributed by atoms with E-state index < -0.39 is 0 Å². The molecule has 22 heavy (non-hydrogen) atoms. The molecule has 0 aromatic heterocycles. The van der Waals surface area contributed by atoms with Crippen molar-refractivity contribution in [1.29, 1.82) is 0 Å². The molecular weight excluding hydrogens is 274 g/mol. The minimum absolute atomic E-state index is 0.307. The van der Waals surface area contributed by atoms with Gasteiger partial charge in [0.1, 0.15) is 5.78 Å². The number of hydrogen-bond acceptors (Lipinski definition) is 3. The first-order valence-electron chi connectivity index (χ1n) is 9.66. The first-order chi connectivity index (χ1) is 10.8. The maximum Gasteiger partial charge on any atom is 0.146 e. The SMILES string of the molecule is CCC(=O)CN[C@@H]1CCCCC1OCCCC1CCCCC1. The number of Topliss-reactive ketones (excluding diaryl/α,β-unsaturated/α-hetero) is 1. The zero-order chi connectivity index (χ0) is 15.6. The molecule has 1 unspecified atom stereocenters. The lowest BCUT2D eigenvalue weighted by Crippen LogP contribution is -2.45. The Morgan fingerprint density at radius 3 is 2.55 bits per heavy atom. The van der Waals surface area contributed by atoms with Crippen LogP contribution in [0.5, 0.6) is 0 Å². The Kier molecular flexibility index (Phi) is 8.46. The summed E-state index contributed by atoms with van der Waals surface area (Å²) >= 11 is 0. The van der Waals surface area contributed by atoms with Crippen molar-refractivity contribution in [2.24, 2.45) is 5.92 Å². The highest BCUT2D eigenvalue weighted by molar-refractivity contribution is 5.80. The Balaban J connectivity index is 1.61. The molecule has 2 aliphatic carbocycles. The van der Waals surface area contributed by atoms with Crippen molar-refractivity contribution in [2.45, 2.75) is 96.1 Å². The van der Waals surface area contributed by atoms with Crippen molar-refractivity contribution >= 4 is 5.78 Å². The Morgan fingerprint density at radius 1 is 1.05 bits per heavy atom. The lowest BCUT2D eigenvalue weighted by molar-refractivity contribution is -0.118. The van der Waals surface area contributed by atoms with Crippen LogP contribution >= 0.6 is 0 Å². The summed E-state index contributed by atoms with van der Waals surface area (Å²) in [6, 6.07) is 0.388. The molecule has 0 aromatic rings. The maximum atomic E-state index is 11.5. The van der Waals surface area contributed by atoms with E-state index in [1.54, 1.807) is 0 Å². The predicted octanol–water partition coefficient (Wildman–Crippen LogP) is 4.24. The largest absolute Gasteiger partial charge is 0.377 e. The first-order valence-corrected chi connectivity index (χ1v) is 9.66. The molecule has 2 rings (SSSR count). The van der Waals surface area contributed by atoms with Gasteiger partial charge in [-0.1, -0.05) is 51.9 Å². The van der Waals surface area contributed by atoms with E-state index in [4.69, 9.17) is 4.74 Å². The van der Waals surface area contributed by atoms with Crippen LogP contribution in [-0.2, 0) is 9.53 Å². The van der Waals surface area contributed by atoms with Gasteiger partial charge in [-0.05, 0) is 31.6 Å². The zero-order valence-corrected chi connectivity index (χ0v) is 14.4. The van der Waals surface area contributed by atoms with E-state index in [0.717, 1.165) is 25.4 Å². The van der Waals surface area contributed by atoms with Crippen LogP contribution in [0, 0.1) is 5.92 Å². The van der Waals surface area contributed by atoms with Crippen molar-refractivity contribution in [3.63, 3.8) is 0 Å². The average molecular weight is 309 g/mol. The molecule has 0 aromatic carbocycles. The molecule has 3 heteroatoms. The minimum Gasteiger partial charge on any atom is -0.377 e. The smallest absolute Gasteiger partial charge is 0.146 e. The van der Waals surface area contributed by atoms with Crippen LogP contribution in [0.2, 0.25) is 0 Å². The molecule has 0 aliphatic heterocycles. The first kappa shape index (κ1) is 17.9. The summed E-state index contributed by atoms with van der Waals surface area (Å²) < 4.78 is 6.18. The molecule has 2 fully saturated rings. The second kappa shape index (κ2) is 10.4. The second-order valence-electron chi connectivity index (χ2n) is 7.22. The Morgan fingerprint density at radius 2 is 1.77 bits per heavy atom. The van der Waals surface area contributed by atoms with Gasteiger partial charge < -0.3 is 10.1 Å². The zero-order valence-electron chi connectivity index (χ0n) is 14.4. The molecule has 0 radical (unpaired) electrons. The number of nitrogens with one attached hydrogen (secondary N) is 1. The number of rotatable bonds is 9. The number of ketones is 1. The monoisotopic (exact) mass is 309 g/mol. The molecule has 3 nitrogen and oxygen atoms in total. The highest BCUT2D eigenvalue weighted by Gasteiger charge is 2.25. The highest BCUT2D eigenvalue weighted by Crippen LogP contribution is 2.27. The molecule has 0 bridgehead atoms. The van der Waals surface area contributed by atoms with E-state index in [9.17, 15) is 4.79 Å². The van der Waals surface area contributed by atoms with Crippen molar-refractivity contribution in [3.8, 4) is 0 Å². The quantitative estimate of drug-likeness (QED) is 0.647. The number of hydrogen-bond donors (Lipinski definition) is 1. The van der Waals surface area contributed by atoms with Crippen LogP contribution in [0.25, 0.3) is 0 Å². The van der Waals surface area contributed by atoms with Crippen LogP contribution < -0.4 is 5.32 Å². The van der Waals surface area contributed by atoms with Crippen molar-refractivity contribution < 1.29 is 9.53 Å². The van der Waals surface area contributed by atoms with E-state index in [2.05, 4.69) is 5.32 Å². The second-order valence-corrected chi connectivity index (χ2v) is 7.22.